The summed E-state index contributed by atoms with van der Waals surface area (Å²) in [5.74, 6) is -1.05. The van der Waals surface area contributed by atoms with E-state index >= 15 is 0 Å². The van der Waals surface area contributed by atoms with Gasteiger partial charge < -0.3 is 19.4 Å². The van der Waals surface area contributed by atoms with Gasteiger partial charge in [0.2, 0.25) is 5.91 Å². The number of fused-ring (bicyclic) bond motifs is 1. The van der Waals surface area contributed by atoms with Gasteiger partial charge in [-0.1, -0.05) is 30.3 Å². The number of nitrogens with one attached hydrogen (secondary N) is 1. The summed E-state index contributed by atoms with van der Waals surface area (Å²) < 4.78 is 10.6. The van der Waals surface area contributed by atoms with E-state index in [1.165, 1.54) is 13.2 Å². The first kappa shape index (κ1) is 19.7. The minimum absolute atomic E-state index is 0.0680. The van der Waals surface area contributed by atoms with E-state index in [0.717, 1.165) is 10.8 Å². The third-order valence-electron chi connectivity index (χ3n) is 5.15. The lowest BCUT2D eigenvalue weighted by atomic mass is 10.1. The number of hydrogen-bond donors (Lipinski definition) is 1. The normalized spacial score (nSPS) is 17.2. The Labute approximate surface area is 173 Å². The minimum atomic E-state index is -0.974. The number of amides is 2. The average Bonchev–Trinajstić information content (AvgIpc) is 3.38. The molecule has 3 aromatic rings. The van der Waals surface area contributed by atoms with Gasteiger partial charge in [0.25, 0.3) is 5.91 Å². The molecule has 2 amide bonds. The van der Waals surface area contributed by atoms with E-state index in [1.54, 1.807) is 23.1 Å². The van der Waals surface area contributed by atoms with Crippen molar-refractivity contribution >= 4 is 34.2 Å². The molecule has 7 heteroatoms. The number of nitrogens with zero attached hydrogens (tertiary/aromatic N) is 1. The van der Waals surface area contributed by atoms with Crippen LogP contribution < -0.4 is 5.32 Å². The van der Waals surface area contributed by atoms with Crippen molar-refractivity contribution in [1.29, 1.82) is 0 Å². The molecule has 30 heavy (non-hydrogen) atoms. The molecule has 2 heterocycles. The third kappa shape index (κ3) is 4.35. The molecule has 1 aliphatic heterocycles. The molecule has 1 saturated heterocycles. The van der Waals surface area contributed by atoms with Crippen LogP contribution in [0.2, 0.25) is 0 Å². The molecule has 1 aromatic heterocycles. The van der Waals surface area contributed by atoms with Gasteiger partial charge in [0, 0.05) is 18.7 Å². The van der Waals surface area contributed by atoms with E-state index < -0.39 is 23.9 Å². The zero-order chi connectivity index (χ0) is 21.1. The zero-order valence-corrected chi connectivity index (χ0v) is 16.5. The van der Waals surface area contributed by atoms with Crippen LogP contribution in [-0.4, -0.2) is 35.3 Å². The number of furan rings is 1. The van der Waals surface area contributed by atoms with E-state index in [1.807, 2.05) is 36.4 Å². The highest BCUT2D eigenvalue weighted by molar-refractivity contribution is 5.97. The monoisotopic (exact) mass is 406 g/mol. The Balaban J connectivity index is 1.32. The Morgan fingerprint density at radius 2 is 1.97 bits per heavy atom. The fourth-order valence-corrected chi connectivity index (χ4v) is 3.51. The van der Waals surface area contributed by atoms with Crippen LogP contribution in [0.25, 0.3) is 10.8 Å². The van der Waals surface area contributed by atoms with Crippen LogP contribution in [-0.2, 0) is 25.7 Å². The summed E-state index contributed by atoms with van der Waals surface area (Å²) in [6.45, 7) is 2.08. The first-order valence-corrected chi connectivity index (χ1v) is 9.80. The maximum Gasteiger partial charge on any atom is 0.312 e. The summed E-state index contributed by atoms with van der Waals surface area (Å²) in [4.78, 5) is 38.7. The molecule has 0 bridgehead atoms. The minimum Gasteiger partial charge on any atom is -0.467 e. The van der Waals surface area contributed by atoms with Crippen LogP contribution in [0, 0.1) is 5.92 Å². The fraction of sp³-hybridized carbons (Fsp3) is 0.261. The number of carbonyl (C=O) groups excluding carboxylic acids is 3. The number of benzene rings is 2. The second kappa shape index (κ2) is 8.41. The third-order valence-corrected chi connectivity index (χ3v) is 5.15. The molecule has 0 radical (unpaired) electrons. The molecule has 4 rings (SSSR count). The molecule has 2 atom stereocenters. The van der Waals surface area contributed by atoms with Crippen molar-refractivity contribution in [2.45, 2.75) is 26.0 Å². The highest BCUT2D eigenvalue weighted by atomic mass is 16.5. The number of esters is 1. The van der Waals surface area contributed by atoms with Gasteiger partial charge in [0.15, 0.2) is 6.10 Å². The fourth-order valence-electron chi connectivity index (χ4n) is 3.51. The van der Waals surface area contributed by atoms with Crippen molar-refractivity contribution < 1.29 is 23.5 Å². The van der Waals surface area contributed by atoms with Crippen LogP contribution in [0.4, 0.5) is 5.69 Å². The quantitative estimate of drug-likeness (QED) is 0.634. The van der Waals surface area contributed by atoms with Gasteiger partial charge in [-0.05, 0) is 42.0 Å². The number of ether oxygens (including phenoxy) is 1. The number of hydrogen-bond acceptors (Lipinski definition) is 5. The Kier molecular flexibility index (Phi) is 5.52. The SMILES string of the molecule is C[C@@H](OC(=O)[C@H]1CC(=O)N(Cc2ccco2)C1)C(=O)Nc1ccc2ccccc2c1. The van der Waals surface area contributed by atoms with Crippen LogP contribution in [0.1, 0.15) is 19.1 Å². The van der Waals surface area contributed by atoms with Crippen molar-refractivity contribution in [2.24, 2.45) is 5.92 Å². The molecule has 1 fully saturated rings. The van der Waals surface area contributed by atoms with E-state index in [2.05, 4.69) is 5.32 Å². The number of carbonyl (C=O) groups is 3. The molecule has 0 spiro atoms. The molecule has 2 aromatic carbocycles. The van der Waals surface area contributed by atoms with Crippen molar-refractivity contribution in [2.75, 3.05) is 11.9 Å². The zero-order valence-electron chi connectivity index (χ0n) is 16.5. The largest absolute Gasteiger partial charge is 0.467 e. The van der Waals surface area contributed by atoms with Crippen LogP contribution in [0.5, 0.6) is 0 Å². The van der Waals surface area contributed by atoms with E-state index in [9.17, 15) is 14.4 Å². The predicted octanol–water partition coefficient (Wildman–Crippen LogP) is 3.35. The van der Waals surface area contributed by atoms with Gasteiger partial charge in [-0.15, -0.1) is 0 Å². The molecule has 1 aliphatic rings. The number of likely N-dealkylation sites (tertiary alicyclic amines) is 1. The Morgan fingerprint density at radius 3 is 2.73 bits per heavy atom. The van der Waals surface area contributed by atoms with Crippen molar-refractivity contribution in [1.82, 2.24) is 4.90 Å². The molecule has 154 valence electrons. The van der Waals surface area contributed by atoms with Crippen LogP contribution in [0.15, 0.2) is 65.3 Å². The van der Waals surface area contributed by atoms with Crippen LogP contribution in [0.3, 0.4) is 0 Å². The van der Waals surface area contributed by atoms with E-state index in [0.29, 0.717) is 18.0 Å². The van der Waals surface area contributed by atoms with Gasteiger partial charge in [0.05, 0.1) is 18.7 Å². The van der Waals surface area contributed by atoms with Crippen molar-refractivity contribution in [3.05, 3.63) is 66.6 Å². The van der Waals surface area contributed by atoms with Gasteiger partial charge in [-0.25, -0.2) is 0 Å². The summed E-state index contributed by atoms with van der Waals surface area (Å²) in [5.41, 5.74) is 0.627. The lowest BCUT2D eigenvalue weighted by Gasteiger charge is -2.17. The summed E-state index contributed by atoms with van der Waals surface area (Å²) in [6, 6.07) is 16.9. The second-order valence-corrected chi connectivity index (χ2v) is 7.38. The summed E-state index contributed by atoms with van der Waals surface area (Å²) >= 11 is 0. The standard InChI is InChI=1S/C23H22N2O5/c1-15(22(27)24-19-9-8-16-5-2-3-6-17(16)11-19)30-23(28)18-12-21(26)25(13-18)14-20-7-4-10-29-20/h2-11,15,18H,12-14H2,1H3,(H,24,27)/t15-,18+/m1/s1. The predicted molar refractivity (Wildman–Crippen MR) is 110 cm³/mol. The summed E-state index contributed by atoms with van der Waals surface area (Å²) in [6.07, 6.45) is 0.633. The molecular formula is C23H22N2O5. The Hall–Kier alpha value is -3.61. The van der Waals surface area contributed by atoms with Gasteiger partial charge >= 0.3 is 5.97 Å². The molecule has 0 saturated carbocycles. The smallest absolute Gasteiger partial charge is 0.312 e. The molecule has 1 N–H and O–H groups in total. The van der Waals surface area contributed by atoms with Gasteiger partial charge in [0.1, 0.15) is 5.76 Å². The topological polar surface area (TPSA) is 88.9 Å². The highest BCUT2D eigenvalue weighted by Crippen LogP contribution is 2.23. The molecule has 7 nitrogen and oxygen atoms in total. The van der Waals surface area contributed by atoms with Crippen molar-refractivity contribution in [3.8, 4) is 0 Å². The van der Waals surface area contributed by atoms with Crippen LogP contribution >= 0.6 is 0 Å². The molecule has 0 unspecified atom stereocenters. The van der Waals surface area contributed by atoms with Crippen molar-refractivity contribution in [3.63, 3.8) is 0 Å². The van der Waals surface area contributed by atoms with E-state index in [-0.39, 0.29) is 18.9 Å². The first-order valence-electron chi connectivity index (χ1n) is 9.80. The number of anilines is 1. The maximum atomic E-state index is 12.5. The lowest BCUT2D eigenvalue weighted by Crippen LogP contribution is -2.33. The Morgan fingerprint density at radius 1 is 1.17 bits per heavy atom. The van der Waals surface area contributed by atoms with Gasteiger partial charge in [-0.3, -0.25) is 14.4 Å². The maximum absolute atomic E-state index is 12.5. The summed E-state index contributed by atoms with van der Waals surface area (Å²) in [7, 11) is 0. The summed E-state index contributed by atoms with van der Waals surface area (Å²) in [5, 5.41) is 4.84. The molecule has 0 aliphatic carbocycles. The highest BCUT2D eigenvalue weighted by Gasteiger charge is 2.36. The molecular weight excluding hydrogens is 384 g/mol. The average molecular weight is 406 g/mol. The van der Waals surface area contributed by atoms with Gasteiger partial charge in [-0.2, -0.15) is 0 Å². The van der Waals surface area contributed by atoms with E-state index in [4.69, 9.17) is 9.15 Å². The Bertz CT molecular complexity index is 1080. The second-order valence-electron chi connectivity index (χ2n) is 7.38. The number of rotatable bonds is 6. The first-order chi connectivity index (χ1) is 14.5. The lowest BCUT2D eigenvalue weighted by molar-refractivity contribution is -0.157.